The Morgan fingerprint density at radius 2 is 1.86 bits per heavy atom. The van der Waals surface area contributed by atoms with Crippen LogP contribution in [0.3, 0.4) is 0 Å². The van der Waals surface area contributed by atoms with Crippen LogP contribution in [0.4, 0.5) is 0 Å². The molecule has 0 aromatic heterocycles. The van der Waals surface area contributed by atoms with Gasteiger partial charge in [-0.2, -0.15) is 8.42 Å². The second kappa shape index (κ2) is 8.33. The number of rotatable bonds is 8. The van der Waals surface area contributed by atoms with Gasteiger partial charge in [-0.1, -0.05) is 11.6 Å². The van der Waals surface area contributed by atoms with Gasteiger partial charge in [0.2, 0.25) is 0 Å². The van der Waals surface area contributed by atoms with E-state index < -0.39 is 22.0 Å². The first-order valence-electron chi connectivity index (χ1n) is 8.90. The van der Waals surface area contributed by atoms with Crippen molar-refractivity contribution in [2.45, 2.75) is 50.5 Å². The normalized spacial score (nSPS) is 28.9. The smallest absolute Gasteiger partial charge is 0.264 e. The molecule has 1 aromatic rings. The van der Waals surface area contributed by atoms with Gasteiger partial charge in [0.05, 0.1) is 31.1 Å². The molecule has 2 aliphatic rings. The van der Waals surface area contributed by atoms with Crippen LogP contribution < -0.4 is 9.47 Å². The number of halogens is 1. The van der Waals surface area contributed by atoms with Crippen molar-refractivity contribution in [3.63, 3.8) is 0 Å². The molecule has 28 heavy (non-hydrogen) atoms. The lowest BCUT2D eigenvalue weighted by atomic mass is 10.1. The summed E-state index contributed by atoms with van der Waals surface area (Å²) in [7, 11) is -1.95. The second-order valence-electron chi connectivity index (χ2n) is 7.20. The van der Waals surface area contributed by atoms with E-state index >= 15 is 0 Å². The average Bonchev–Trinajstić information content (AvgIpc) is 3.06. The molecule has 4 atom stereocenters. The topological polar surface area (TPSA) is 89.5 Å². The van der Waals surface area contributed by atoms with Crippen LogP contribution in [0, 0.1) is 0 Å². The molecule has 2 fully saturated rings. The first-order chi connectivity index (χ1) is 13.1. The van der Waals surface area contributed by atoms with Crippen molar-refractivity contribution < 1.29 is 36.3 Å². The maximum Gasteiger partial charge on any atom is 0.264 e. The zero-order valence-corrected chi connectivity index (χ0v) is 17.8. The molecular weight excluding hydrogens is 412 g/mol. The molecule has 0 amide bonds. The summed E-state index contributed by atoms with van der Waals surface area (Å²) in [4.78, 5) is 0. The third kappa shape index (κ3) is 5.28. The largest absolute Gasteiger partial charge is 0.497 e. The molecule has 2 saturated heterocycles. The number of benzene rings is 1. The van der Waals surface area contributed by atoms with Crippen LogP contribution >= 0.6 is 11.6 Å². The number of hydrogen-bond donors (Lipinski definition) is 0. The molecule has 2 heterocycles. The van der Waals surface area contributed by atoms with E-state index in [1.165, 1.54) is 0 Å². The van der Waals surface area contributed by atoms with Crippen LogP contribution in [0.5, 0.6) is 11.5 Å². The predicted molar refractivity (Wildman–Crippen MR) is 101 cm³/mol. The summed E-state index contributed by atoms with van der Waals surface area (Å²) in [6, 6.07) is 5.14. The highest BCUT2D eigenvalue weighted by molar-refractivity contribution is 7.85. The SMILES string of the molecule is COc1ccc(OC[C@H]2O[C@H](CCOS(C)(=O)=O)[C@@H]3OC(C)(C)O[C@@H]32)c(Cl)c1. The van der Waals surface area contributed by atoms with Crippen LogP contribution in [-0.4, -0.2) is 65.2 Å². The molecule has 1 aromatic carbocycles. The molecule has 0 spiro atoms. The van der Waals surface area contributed by atoms with Crippen molar-refractivity contribution in [1.82, 2.24) is 0 Å². The van der Waals surface area contributed by atoms with E-state index in [9.17, 15) is 8.42 Å². The molecule has 0 radical (unpaired) electrons. The maximum atomic E-state index is 11.2. The van der Waals surface area contributed by atoms with E-state index in [2.05, 4.69) is 0 Å². The number of hydrogen-bond acceptors (Lipinski definition) is 8. The summed E-state index contributed by atoms with van der Waals surface area (Å²) >= 11 is 6.21. The standard InChI is InChI=1S/C18H25ClO8S/c1-18(2)26-16-14(7-8-24-28(4,20)21)25-15(17(16)27-18)10-23-13-6-5-11(22-3)9-12(13)19/h5-6,9,14-17H,7-8,10H2,1-4H3/t14-,15-,16+,17-/m1/s1. The van der Waals surface area contributed by atoms with Gasteiger partial charge in [0.1, 0.15) is 36.4 Å². The Hall–Kier alpha value is -1.10. The lowest BCUT2D eigenvalue weighted by molar-refractivity contribution is -0.190. The Morgan fingerprint density at radius 1 is 1.18 bits per heavy atom. The van der Waals surface area contributed by atoms with Crippen LogP contribution in [0.2, 0.25) is 5.02 Å². The first-order valence-corrected chi connectivity index (χ1v) is 11.1. The molecule has 0 N–H and O–H groups in total. The summed E-state index contributed by atoms with van der Waals surface area (Å²) in [6.45, 7) is 3.87. The van der Waals surface area contributed by atoms with Crippen molar-refractivity contribution in [2.75, 3.05) is 26.6 Å². The van der Waals surface area contributed by atoms with Gasteiger partial charge < -0.3 is 23.7 Å². The summed E-state index contributed by atoms with van der Waals surface area (Å²) < 4.78 is 56.1. The van der Waals surface area contributed by atoms with Gasteiger partial charge in [0, 0.05) is 12.5 Å². The zero-order valence-electron chi connectivity index (χ0n) is 16.2. The van der Waals surface area contributed by atoms with E-state index in [-0.39, 0.29) is 31.5 Å². The summed E-state index contributed by atoms with van der Waals surface area (Å²) in [5, 5.41) is 0.427. The maximum absolute atomic E-state index is 11.2. The molecule has 158 valence electrons. The van der Waals surface area contributed by atoms with Crippen LogP contribution in [-0.2, 0) is 28.5 Å². The van der Waals surface area contributed by atoms with Gasteiger partial charge in [-0.25, -0.2) is 0 Å². The Bertz CT molecular complexity index is 797. The molecule has 0 unspecified atom stereocenters. The lowest BCUT2D eigenvalue weighted by Gasteiger charge is -2.24. The van der Waals surface area contributed by atoms with Crippen molar-refractivity contribution in [2.24, 2.45) is 0 Å². The Morgan fingerprint density at radius 3 is 2.46 bits per heavy atom. The highest BCUT2D eigenvalue weighted by atomic mass is 35.5. The minimum Gasteiger partial charge on any atom is -0.497 e. The Kier molecular flexibility index (Phi) is 6.43. The molecule has 0 saturated carbocycles. The minimum atomic E-state index is -3.51. The summed E-state index contributed by atoms with van der Waals surface area (Å²) in [5.74, 6) is 0.379. The van der Waals surface area contributed by atoms with Gasteiger partial charge >= 0.3 is 0 Å². The van der Waals surface area contributed by atoms with Crippen molar-refractivity contribution >= 4 is 21.7 Å². The monoisotopic (exact) mass is 436 g/mol. The van der Waals surface area contributed by atoms with E-state index in [0.29, 0.717) is 22.9 Å². The zero-order chi connectivity index (χ0) is 20.5. The molecular formula is C18H25ClO8S. The lowest BCUT2D eigenvalue weighted by Crippen LogP contribution is -2.34. The van der Waals surface area contributed by atoms with E-state index in [1.54, 1.807) is 25.3 Å². The number of ether oxygens (including phenoxy) is 5. The quantitative estimate of drug-likeness (QED) is 0.574. The third-order valence-electron chi connectivity index (χ3n) is 4.49. The van der Waals surface area contributed by atoms with Gasteiger partial charge in [0.25, 0.3) is 10.1 Å². The van der Waals surface area contributed by atoms with Crippen LogP contribution in [0.25, 0.3) is 0 Å². The highest BCUT2D eigenvalue weighted by Crippen LogP contribution is 2.40. The van der Waals surface area contributed by atoms with Crippen LogP contribution in [0.15, 0.2) is 18.2 Å². The minimum absolute atomic E-state index is 0.00833. The van der Waals surface area contributed by atoms with E-state index in [4.69, 9.17) is 39.5 Å². The summed E-state index contributed by atoms with van der Waals surface area (Å²) in [6.07, 6.45) is -0.0678. The fourth-order valence-corrected chi connectivity index (χ4v) is 3.98. The molecule has 0 aliphatic carbocycles. The van der Waals surface area contributed by atoms with Crippen molar-refractivity contribution in [3.8, 4) is 11.5 Å². The van der Waals surface area contributed by atoms with Crippen molar-refractivity contribution in [1.29, 1.82) is 0 Å². The van der Waals surface area contributed by atoms with E-state index in [0.717, 1.165) is 6.26 Å². The van der Waals surface area contributed by atoms with E-state index in [1.807, 2.05) is 13.8 Å². The van der Waals surface area contributed by atoms with Gasteiger partial charge in [-0.05, 0) is 26.0 Å². The van der Waals surface area contributed by atoms with Crippen molar-refractivity contribution in [3.05, 3.63) is 23.2 Å². The van der Waals surface area contributed by atoms with Gasteiger partial charge in [-0.3, -0.25) is 4.18 Å². The Balaban J connectivity index is 1.64. The van der Waals surface area contributed by atoms with Crippen LogP contribution in [0.1, 0.15) is 20.3 Å². The highest BCUT2D eigenvalue weighted by Gasteiger charge is 2.55. The first kappa shape index (κ1) is 21.6. The third-order valence-corrected chi connectivity index (χ3v) is 5.38. The number of fused-ring (bicyclic) bond motifs is 1. The second-order valence-corrected chi connectivity index (χ2v) is 9.25. The molecule has 3 rings (SSSR count). The molecule has 10 heteroatoms. The molecule has 2 aliphatic heterocycles. The van der Waals surface area contributed by atoms with Gasteiger partial charge in [-0.15, -0.1) is 0 Å². The predicted octanol–water partition coefficient (Wildman–Crippen LogP) is 2.38. The molecule has 0 bridgehead atoms. The fraction of sp³-hybridized carbons (Fsp3) is 0.667. The number of methoxy groups -OCH3 is 1. The van der Waals surface area contributed by atoms with Gasteiger partial charge in [0.15, 0.2) is 5.79 Å². The molecule has 8 nitrogen and oxygen atoms in total. The summed E-state index contributed by atoms with van der Waals surface area (Å²) in [5.41, 5.74) is 0. The Labute approximate surface area is 170 Å². The fourth-order valence-electron chi connectivity index (χ4n) is 3.35. The average molecular weight is 437 g/mol.